The van der Waals surface area contributed by atoms with Crippen LogP contribution in [0, 0.1) is 18.3 Å². The number of rotatable bonds is 11. The van der Waals surface area contributed by atoms with Gasteiger partial charge in [-0.3, -0.25) is 0 Å². The topological polar surface area (TPSA) is 111 Å². The Hall–Kier alpha value is -3.52. The van der Waals surface area contributed by atoms with E-state index in [-0.39, 0.29) is 30.3 Å². The van der Waals surface area contributed by atoms with Crippen molar-refractivity contribution in [2.75, 3.05) is 32.2 Å². The zero-order chi connectivity index (χ0) is 26.1. The molecule has 0 aliphatic heterocycles. The van der Waals surface area contributed by atoms with Gasteiger partial charge >= 0.3 is 11.9 Å². The van der Waals surface area contributed by atoms with Gasteiger partial charge in [0.25, 0.3) is 0 Å². The van der Waals surface area contributed by atoms with Crippen LogP contribution in [0.15, 0.2) is 35.8 Å². The van der Waals surface area contributed by atoms with Gasteiger partial charge in [0.15, 0.2) is 0 Å². The van der Waals surface area contributed by atoms with Crippen LogP contribution in [0.1, 0.15) is 50.0 Å². The summed E-state index contributed by atoms with van der Waals surface area (Å²) in [6.45, 7) is 6.00. The molecule has 8 nitrogen and oxygen atoms in total. The van der Waals surface area contributed by atoms with Crippen LogP contribution in [0.3, 0.4) is 0 Å². The van der Waals surface area contributed by atoms with Crippen molar-refractivity contribution in [1.29, 1.82) is 5.26 Å². The number of carbonyl (C=O) groups is 2. The first-order chi connectivity index (χ1) is 17.4. The fourth-order valence-corrected chi connectivity index (χ4v) is 5.12. The zero-order valence-electron chi connectivity index (χ0n) is 20.5. The molecule has 0 aliphatic rings. The van der Waals surface area contributed by atoms with E-state index in [1.54, 1.807) is 13.8 Å². The standard InChI is InChI=1S/C26H27N3O5S2/c1-5-17-7-9-18(10-8-17)20-15-35-23(29-20)19(13-27)14-28-24-21(25(30)33-6-2)16(3)22(36-24)26(31)34-12-11-32-4/h7-10,14-15,28H,5-6,11-12H2,1-4H3/b19-14-. The quantitative estimate of drug-likeness (QED) is 0.193. The number of hydrogen-bond acceptors (Lipinski definition) is 10. The van der Waals surface area contributed by atoms with Crippen molar-refractivity contribution in [2.45, 2.75) is 27.2 Å². The van der Waals surface area contributed by atoms with Crippen LogP contribution < -0.4 is 5.32 Å². The van der Waals surface area contributed by atoms with Crippen LogP contribution in [0.2, 0.25) is 0 Å². The molecule has 1 aromatic carbocycles. The Morgan fingerprint density at radius 2 is 1.89 bits per heavy atom. The van der Waals surface area contributed by atoms with Gasteiger partial charge in [-0.05, 0) is 31.4 Å². The smallest absolute Gasteiger partial charge is 0.348 e. The van der Waals surface area contributed by atoms with Gasteiger partial charge in [-0.25, -0.2) is 14.6 Å². The molecular formula is C26H27N3O5S2. The lowest BCUT2D eigenvalue weighted by Gasteiger charge is -2.05. The molecule has 0 amide bonds. The maximum Gasteiger partial charge on any atom is 0.348 e. The molecule has 0 saturated carbocycles. The average Bonchev–Trinajstić information content (AvgIpc) is 3.50. The van der Waals surface area contributed by atoms with E-state index < -0.39 is 11.9 Å². The third kappa shape index (κ3) is 6.37. The summed E-state index contributed by atoms with van der Waals surface area (Å²) in [5, 5.41) is 15.6. The fourth-order valence-electron chi connectivity index (χ4n) is 3.26. The van der Waals surface area contributed by atoms with Gasteiger partial charge in [0, 0.05) is 24.3 Å². The van der Waals surface area contributed by atoms with Crippen molar-refractivity contribution in [3.63, 3.8) is 0 Å². The van der Waals surface area contributed by atoms with E-state index in [0.29, 0.717) is 21.1 Å². The summed E-state index contributed by atoms with van der Waals surface area (Å²) in [6, 6.07) is 10.3. The Kier molecular flexibility index (Phi) is 9.76. The maximum absolute atomic E-state index is 12.6. The van der Waals surface area contributed by atoms with Gasteiger partial charge in [0.2, 0.25) is 0 Å². The number of nitrogens with one attached hydrogen (secondary N) is 1. The Bertz CT molecular complexity index is 1290. The number of aryl methyl sites for hydroxylation is 1. The molecule has 3 aromatic rings. The number of thiazole rings is 1. The number of allylic oxidation sites excluding steroid dienone is 1. The molecule has 3 rings (SSSR count). The molecule has 0 saturated heterocycles. The Balaban J connectivity index is 1.88. The van der Waals surface area contributed by atoms with E-state index in [2.05, 4.69) is 35.4 Å². The number of anilines is 1. The molecule has 0 atom stereocenters. The van der Waals surface area contributed by atoms with Crippen LogP contribution in [-0.4, -0.2) is 43.9 Å². The van der Waals surface area contributed by atoms with Crippen molar-refractivity contribution in [3.8, 4) is 17.3 Å². The molecule has 1 N–H and O–H groups in total. The lowest BCUT2D eigenvalue weighted by atomic mass is 10.1. The minimum atomic E-state index is -0.566. The molecule has 0 spiro atoms. The molecule has 0 unspecified atom stereocenters. The molecule has 0 aliphatic carbocycles. The van der Waals surface area contributed by atoms with E-state index in [9.17, 15) is 14.9 Å². The molecular weight excluding hydrogens is 498 g/mol. The van der Waals surface area contributed by atoms with E-state index in [0.717, 1.165) is 29.0 Å². The van der Waals surface area contributed by atoms with Crippen LogP contribution in [0.4, 0.5) is 5.00 Å². The fraction of sp³-hybridized carbons (Fsp3) is 0.308. The molecule has 188 valence electrons. The summed E-state index contributed by atoms with van der Waals surface area (Å²) in [7, 11) is 1.51. The number of ether oxygens (including phenoxy) is 3. The number of thiophene rings is 1. The number of hydrogen-bond donors (Lipinski definition) is 1. The summed E-state index contributed by atoms with van der Waals surface area (Å²) in [4.78, 5) is 30.1. The van der Waals surface area contributed by atoms with Gasteiger partial charge in [0.05, 0.1) is 24.5 Å². The molecule has 2 heterocycles. The van der Waals surface area contributed by atoms with E-state index in [1.807, 2.05) is 17.5 Å². The lowest BCUT2D eigenvalue weighted by molar-refractivity contribution is 0.0393. The SMILES string of the molecule is CCOC(=O)c1c(N/C=C(/C#N)c2nc(-c3ccc(CC)cc3)cs2)sc(C(=O)OCCOC)c1C. The predicted molar refractivity (Wildman–Crippen MR) is 141 cm³/mol. The molecule has 0 radical (unpaired) electrons. The summed E-state index contributed by atoms with van der Waals surface area (Å²) >= 11 is 2.41. The van der Waals surface area contributed by atoms with Gasteiger partial charge in [-0.15, -0.1) is 22.7 Å². The molecule has 0 bridgehead atoms. The van der Waals surface area contributed by atoms with Crippen LogP contribution in [-0.2, 0) is 20.6 Å². The van der Waals surface area contributed by atoms with Gasteiger partial charge in [-0.2, -0.15) is 5.26 Å². The van der Waals surface area contributed by atoms with Crippen molar-refractivity contribution in [3.05, 3.63) is 62.4 Å². The maximum atomic E-state index is 12.6. The monoisotopic (exact) mass is 525 g/mol. The average molecular weight is 526 g/mol. The minimum absolute atomic E-state index is 0.0935. The third-order valence-electron chi connectivity index (χ3n) is 5.19. The van der Waals surface area contributed by atoms with Crippen LogP contribution >= 0.6 is 22.7 Å². The van der Waals surface area contributed by atoms with Crippen LogP contribution in [0.5, 0.6) is 0 Å². The second-order valence-corrected chi connectivity index (χ2v) is 9.39. The zero-order valence-corrected chi connectivity index (χ0v) is 22.2. The van der Waals surface area contributed by atoms with Gasteiger partial charge < -0.3 is 19.5 Å². The molecule has 0 fully saturated rings. The molecule has 2 aromatic heterocycles. The normalized spacial score (nSPS) is 11.1. The first-order valence-electron chi connectivity index (χ1n) is 11.3. The Morgan fingerprint density at radius 1 is 1.14 bits per heavy atom. The number of methoxy groups -OCH3 is 1. The number of esters is 2. The number of benzene rings is 1. The Morgan fingerprint density at radius 3 is 2.53 bits per heavy atom. The predicted octanol–water partition coefficient (Wildman–Crippen LogP) is 5.70. The van der Waals surface area contributed by atoms with E-state index in [1.165, 1.54) is 30.2 Å². The highest BCUT2D eigenvalue weighted by molar-refractivity contribution is 7.18. The Labute approximate surface area is 218 Å². The summed E-state index contributed by atoms with van der Waals surface area (Å²) in [6.07, 6.45) is 2.44. The van der Waals surface area contributed by atoms with E-state index in [4.69, 9.17) is 14.2 Å². The summed E-state index contributed by atoms with van der Waals surface area (Å²) in [5.74, 6) is -1.13. The van der Waals surface area contributed by atoms with Crippen molar-refractivity contribution >= 4 is 45.2 Å². The first kappa shape index (κ1) is 27.1. The number of nitriles is 1. The third-order valence-corrected chi connectivity index (χ3v) is 7.27. The van der Waals surface area contributed by atoms with Crippen LogP contribution in [0.25, 0.3) is 16.8 Å². The lowest BCUT2D eigenvalue weighted by Crippen LogP contribution is -2.11. The number of carbonyl (C=O) groups excluding carboxylic acids is 2. The van der Waals surface area contributed by atoms with Gasteiger partial charge in [0.1, 0.15) is 33.1 Å². The number of nitrogens with zero attached hydrogens (tertiary/aromatic N) is 2. The first-order valence-corrected chi connectivity index (χ1v) is 13.0. The molecule has 10 heteroatoms. The van der Waals surface area contributed by atoms with Gasteiger partial charge in [-0.1, -0.05) is 31.2 Å². The largest absolute Gasteiger partial charge is 0.462 e. The highest BCUT2D eigenvalue weighted by atomic mass is 32.1. The van der Waals surface area contributed by atoms with Crippen molar-refractivity contribution in [1.82, 2.24) is 4.98 Å². The summed E-state index contributed by atoms with van der Waals surface area (Å²) in [5.41, 5.74) is 3.95. The number of aromatic nitrogens is 1. The second kappa shape index (κ2) is 13.0. The van der Waals surface area contributed by atoms with E-state index >= 15 is 0 Å². The minimum Gasteiger partial charge on any atom is -0.462 e. The highest BCUT2D eigenvalue weighted by Gasteiger charge is 2.26. The van der Waals surface area contributed by atoms with Crippen molar-refractivity contribution < 1.29 is 23.8 Å². The highest BCUT2D eigenvalue weighted by Crippen LogP contribution is 2.35. The molecule has 36 heavy (non-hydrogen) atoms. The summed E-state index contributed by atoms with van der Waals surface area (Å²) < 4.78 is 15.3. The second-order valence-electron chi connectivity index (χ2n) is 7.51. The van der Waals surface area contributed by atoms with Crippen molar-refractivity contribution in [2.24, 2.45) is 0 Å².